The van der Waals surface area contributed by atoms with Crippen LogP contribution in [0.1, 0.15) is 5.56 Å². The van der Waals surface area contributed by atoms with Gasteiger partial charge in [0, 0.05) is 33.4 Å². The monoisotopic (exact) mass is 378 g/mol. The number of amides is 2. The zero-order valence-corrected chi connectivity index (χ0v) is 14.9. The number of nitrogens with two attached hydrogens (primary N) is 1. The molecule has 0 atom stereocenters. The first-order valence-corrected chi connectivity index (χ1v) is 8.40. The Morgan fingerprint density at radius 2 is 1.89 bits per heavy atom. The number of nitrogens with one attached hydrogen (secondary N) is 1. The summed E-state index contributed by atoms with van der Waals surface area (Å²) in [5, 5.41) is 13.4. The molecule has 3 aromatic rings. The smallest absolute Gasteiger partial charge is 0.266 e. The van der Waals surface area contributed by atoms with Crippen LogP contribution in [0.4, 0.5) is 5.69 Å². The molecular weight excluding hydrogens is 364 g/mol. The van der Waals surface area contributed by atoms with Crippen LogP contribution in [0.25, 0.3) is 17.0 Å². The van der Waals surface area contributed by atoms with Gasteiger partial charge < -0.3 is 15.6 Å². The summed E-state index contributed by atoms with van der Waals surface area (Å²) in [6, 6.07) is 15.9. The molecule has 0 radical (unpaired) electrons. The zero-order chi connectivity index (χ0) is 19.4. The van der Waals surface area contributed by atoms with E-state index in [-0.39, 0.29) is 12.1 Å². The van der Waals surface area contributed by atoms with Gasteiger partial charge in [-0.25, -0.2) is 0 Å². The Bertz CT molecular complexity index is 1090. The van der Waals surface area contributed by atoms with Crippen LogP contribution < -0.4 is 11.1 Å². The average Bonchev–Trinajstić information content (AvgIpc) is 2.98. The number of carbonyl (C=O) groups is 2. The molecule has 1 heterocycles. The van der Waals surface area contributed by atoms with Crippen LogP contribution in [0, 0.1) is 11.3 Å². The fourth-order valence-corrected chi connectivity index (χ4v) is 2.85. The minimum Gasteiger partial charge on any atom is -0.368 e. The molecule has 2 amide bonds. The van der Waals surface area contributed by atoms with E-state index in [0.717, 1.165) is 10.9 Å². The van der Waals surface area contributed by atoms with Gasteiger partial charge in [0.2, 0.25) is 5.91 Å². The van der Waals surface area contributed by atoms with Gasteiger partial charge in [0.05, 0.1) is 0 Å². The van der Waals surface area contributed by atoms with Crippen LogP contribution in [0.3, 0.4) is 0 Å². The maximum absolute atomic E-state index is 12.4. The number of nitrogens with zero attached hydrogens (tertiary/aromatic N) is 2. The maximum atomic E-state index is 12.4. The van der Waals surface area contributed by atoms with Crippen molar-refractivity contribution in [2.45, 2.75) is 6.54 Å². The molecule has 27 heavy (non-hydrogen) atoms. The topological polar surface area (TPSA) is 101 Å². The second-order valence-corrected chi connectivity index (χ2v) is 6.26. The highest BCUT2D eigenvalue weighted by Crippen LogP contribution is 2.24. The average molecular weight is 379 g/mol. The first kappa shape index (κ1) is 18.2. The van der Waals surface area contributed by atoms with Crippen molar-refractivity contribution in [3.63, 3.8) is 0 Å². The minimum atomic E-state index is -0.536. The lowest BCUT2D eigenvalue weighted by Crippen LogP contribution is -2.17. The van der Waals surface area contributed by atoms with E-state index >= 15 is 0 Å². The van der Waals surface area contributed by atoms with Gasteiger partial charge >= 0.3 is 0 Å². The fourth-order valence-electron chi connectivity index (χ4n) is 2.72. The van der Waals surface area contributed by atoms with E-state index in [1.165, 1.54) is 6.08 Å². The number of para-hydroxylation sites is 1. The fraction of sp³-hybridized carbons (Fsp3) is 0.0500. The van der Waals surface area contributed by atoms with E-state index in [9.17, 15) is 14.9 Å². The van der Waals surface area contributed by atoms with Crippen LogP contribution in [0.5, 0.6) is 0 Å². The molecule has 3 rings (SSSR count). The molecule has 0 unspecified atom stereocenters. The summed E-state index contributed by atoms with van der Waals surface area (Å²) in [6.45, 7) is 0.00715. The van der Waals surface area contributed by atoms with E-state index < -0.39 is 11.8 Å². The van der Waals surface area contributed by atoms with Crippen molar-refractivity contribution < 1.29 is 9.59 Å². The normalized spacial score (nSPS) is 11.2. The van der Waals surface area contributed by atoms with Crippen LogP contribution >= 0.6 is 11.6 Å². The summed E-state index contributed by atoms with van der Waals surface area (Å²) in [4.78, 5) is 23.7. The molecule has 0 bridgehead atoms. The second kappa shape index (κ2) is 7.77. The number of aromatic nitrogens is 1. The number of primary amides is 1. The Balaban J connectivity index is 1.95. The number of anilines is 1. The molecule has 0 fully saturated rings. The molecule has 2 aromatic carbocycles. The van der Waals surface area contributed by atoms with Gasteiger partial charge in [0.25, 0.3) is 5.91 Å². The van der Waals surface area contributed by atoms with E-state index in [1.807, 2.05) is 30.3 Å². The van der Waals surface area contributed by atoms with Gasteiger partial charge in [-0.2, -0.15) is 5.26 Å². The first-order chi connectivity index (χ1) is 13.0. The number of rotatable bonds is 5. The standard InChI is InChI=1S/C20H15ClN4O2/c21-15-5-7-16(8-6-15)24-20(27)13(10-22)9-14-11-25(12-19(23)26)18-4-2-1-3-17(14)18/h1-9,11H,12H2,(H2,23,26)(H,24,27)/b13-9-. The van der Waals surface area contributed by atoms with Crippen LogP contribution in [-0.4, -0.2) is 16.4 Å². The molecule has 7 heteroatoms. The molecule has 1 aromatic heterocycles. The Morgan fingerprint density at radius 1 is 1.19 bits per heavy atom. The summed E-state index contributed by atoms with van der Waals surface area (Å²) < 4.78 is 1.69. The highest BCUT2D eigenvalue weighted by molar-refractivity contribution is 6.30. The summed E-state index contributed by atoms with van der Waals surface area (Å²) in [6.07, 6.45) is 3.19. The van der Waals surface area contributed by atoms with E-state index in [0.29, 0.717) is 16.3 Å². The lowest BCUT2D eigenvalue weighted by molar-refractivity contribution is -0.118. The van der Waals surface area contributed by atoms with Crippen molar-refractivity contribution in [2.75, 3.05) is 5.32 Å². The van der Waals surface area contributed by atoms with Gasteiger partial charge in [-0.05, 0) is 36.4 Å². The largest absolute Gasteiger partial charge is 0.368 e. The maximum Gasteiger partial charge on any atom is 0.266 e. The lowest BCUT2D eigenvalue weighted by Gasteiger charge is -2.04. The van der Waals surface area contributed by atoms with Crippen molar-refractivity contribution in [2.24, 2.45) is 5.73 Å². The molecule has 0 saturated carbocycles. The Kier molecular flexibility index (Phi) is 5.25. The van der Waals surface area contributed by atoms with Crippen molar-refractivity contribution in [3.8, 4) is 6.07 Å². The van der Waals surface area contributed by atoms with Gasteiger partial charge in [0.1, 0.15) is 18.2 Å². The van der Waals surface area contributed by atoms with Gasteiger partial charge in [-0.1, -0.05) is 29.8 Å². The quantitative estimate of drug-likeness (QED) is 0.526. The molecule has 0 aliphatic heterocycles. The molecule has 6 nitrogen and oxygen atoms in total. The number of carbonyl (C=O) groups excluding carboxylic acids is 2. The van der Waals surface area contributed by atoms with Crippen LogP contribution in [-0.2, 0) is 16.1 Å². The minimum absolute atomic E-state index is 0.00715. The van der Waals surface area contributed by atoms with Crippen LogP contribution in [0.15, 0.2) is 60.3 Å². The number of halogens is 1. The SMILES string of the molecule is N#C/C(=C/c1cn(CC(N)=O)c2ccccc12)C(=O)Nc1ccc(Cl)cc1. The molecular formula is C20H15ClN4O2. The third-order valence-electron chi connectivity index (χ3n) is 3.91. The predicted octanol–water partition coefficient (Wildman–Crippen LogP) is 3.33. The first-order valence-electron chi connectivity index (χ1n) is 8.03. The highest BCUT2D eigenvalue weighted by atomic mass is 35.5. The Morgan fingerprint density at radius 3 is 2.56 bits per heavy atom. The number of hydrogen-bond acceptors (Lipinski definition) is 3. The predicted molar refractivity (Wildman–Crippen MR) is 105 cm³/mol. The summed E-state index contributed by atoms with van der Waals surface area (Å²) in [5.41, 5.74) is 7.20. The molecule has 3 N–H and O–H groups in total. The summed E-state index contributed by atoms with van der Waals surface area (Å²) in [7, 11) is 0. The van der Waals surface area contributed by atoms with Gasteiger partial charge in [0.15, 0.2) is 0 Å². The third-order valence-corrected chi connectivity index (χ3v) is 4.16. The molecule has 0 aliphatic carbocycles. The third kappa shape index (κ3) is 4.17. The van der Waals surface area contributed by atoms with Crippen LogP contribution in [0.2, 0.25) is 5.02 Å². The number of fused-ring (bicyclic) bond motifs is 1. The van der Waals surface area contributed by atoms with E-state index in [2.05, 4.69) is 5.32 Å². The highest BCUT2D eigenvalue weighted by Gasteiger charge is 2.13. The number of hydrogen-bond donors (Lipinski definition) is 2. The molecule has 0 aliphatic rings. The van der Waals surface area contributed by atoms with Gasteiger partial charge in [-0.3, -0.25) is 9.59 Å². The summed E-state index contributed by atoms with van der Waals surface area (Å²) >= 11 is 5.83. The van der Waals surface area contributed by atoms with Crippen molar-refractivity contribution in [1.29, 1.82) is 5.26 Å². The molecule has 0 saturated heterocycles. The molecule has 0 spiro atoms. The number of nitriles is 1. The lowest BCUT2D eigenvalue weighted by atomic mass is 10.1. The van der Waals surface area contributed by atoms with E-state index in [1.54, 1.807) is 35.0 Å². The van der Waals surface area contributed by atoms with E-state index in [4.69, 9.17) is 17.3 Å². The second-order valence-electron chi connectivity index (χ2n) is 5.83. The van der Waals surface area contributed by atoms with Gasteiger partial charge in [-0.15, -0.1) is 0 Å². The number of benzene rings is 2. The molecule has 134 valence electrons. The zero-order valence-electron chi connectivity index (χ0n) is 14.1. The van der Waals surface area contributed by atoms with Crippen molar-refractivity contribution in [1.82, 2.24) is 4.57 Å². The Hall–Kier alpha value is -3.56. The Labute approximate surface area is 160 Å². The summed E-state index contributed by atoms with van der Waals surface area (Å²) in [5.74, 6) is -1.01. The van der Waals surface area contributed by atoms with Crippen molar-refractivity contribution >= 4 is 46.1 Å². The van der Waals surface area contributed by atoms with Crippen molar-refractivity contribution in [3.05, 3.63) is 70.9 Å².